The maximum atomic E-state index is 12.9. The Morgan fingerprint density at radius 1 is 1.12 bits per heavy atom. The van der Waals surface area contributed by atoms with Gasteiger partial charge in [-0.2, -0.15) is 0 Å². The molecule has 2 aromatic rings. The zero-order valence-corrected chi connectivity index (χ0v) is 16.7. The van der Waals surface area contributed by atoms with Crippen molar-refractivity contribution in [3.63, 3.8) is 0 Å². The lowest BCUT2D eigenvalue weighted by Crippen LogP contribution is -2.21. The van der Waals surface area contributed by atoms with E-state index in [-0.39, 0.29) is 17.2 Å². The third kappa shape index (κ3) is 3.72. The number of benzene rings is 1. The second kappa shape index (κ2) is 7.10. The Labute approximate surface area is 150 Å². The third-order valence-electron chi connectivity index (χ3n) is 4.65. The second-order valence-corrected chi connectivity index (χ2v) is 8.59. The highest BCUT2D eigenvalue weighted by molar-refractivity contribution is 7.16. The number of hydrogen-bond donors (Lipinski definition) is 1. The number of rotatable bonds is 4. The lowest BCUT2D eigenvalue weighted by molar-refractivity contribution is -0.117. The Hall–Kier alpha value is -1.61. The van der Waals surface area contributed by atoms with E-state index in [1.165, 1.54) is 21.6 Å². The van der Waals surface area contributed by atoms with Crippen molar-refractivity contribution in [3.8, 4) is 0 Å². The van der Waals surface area contributed by atoms with E-state index in [0.717, 1.165) is 17.0 Å². The Morgan fingerprint density at radius 2 is 1.75 bits per heavy atom. The van der Waals surface area contributed by atoms with Gasteiger partial charge in [-0.1, -0.05) is 52.0 Å². The number of carbonyl (C=O) groups excluding carboxylic acids is 1. The number of carbonyl (C=O) groups is 1. The molecule has 0 saturated heterocycles. The van der Waals surface area contributed by atoms with Crippen LogP contribution in [0.4, 0.5) is 5.00 Å². The zero-order chi connectivity index (χ0) is 18.1. The molecule has 1 amide bonds. The molecule has 2 rings (SSSR count). The van der Waals surface area contributed by atoms with Crippen molar-refractivity contribution in [3.05, 3.63) is 51.4 Å². The van der Waals surface area contributed by atoms with Crippen LogP contribution in [0.1, 0.15) is 67.2 Å². The van der Waals surface area contributed by atoms with Crippen molar-refractivity contribution in [2.24, 2.45) is 0 Å². The van der Waals surface area contributed by atoms with E-state index in [2.05, 4.69) is 65.9 Å². The van der Waals surface area contributed by atoms with Crippen LogP contribution >= 0.6 is 11.3 Å². The van der Waals surface area contributed by atoms with Crippen LogP contribution in [0.5, 0.6) is 0 Å². The van der Waals surface area contributed by atoms with Crippen molar-refractivity contribution in [2.45, 2.75) is 66.2 Å². The van der Waals surface area contributed by atoms with E-state index in [1.54, 1.807) is 11.3 Å². The smallest absolute Gasteiger partial charge is 0.232 e. The maximum absolute atomic E-state index is 12.9. The van der Waals surface area contributed by atoms with Gasteiger partial charge in [0.1, 0.15) is 0 Å². The first-order chi connectivity index (χ1) is 11.2. The molecule has 1 aromatic carbocycles. The standard InChI is InChI=1S/C21H29NOS/c1-8-16(17-12-10-9-11-13(17)2)19(23)22-20-15(4)14(3)18(24-20)21(5,6)7/h9-12,16H,8H2,1-7H3,(H,22,23). The topological polar surface area (TPSA) is 29.1 Å². The predicted octanol–water partition coefficient (Wildman–Crippen LogP) is 6.10. The molecule has 0 aliphatic carbocycles. The normalized spacial score (nSPS) is 13.0. The van der Waals surface area contributed by atoms with Gasteiger partial charge in [-0.05, 0) is 54.9 Å². The first-order valence-electron chi connectivity index (χ1n) is 8.63. The van der Waals surface area contributed by atoms with E-state index in [0.29, 0.717) is 0 Å². The maximum Gasteiger partial charge on any atom is 0.232 e. The summed E-state index contributed by atoms with van der Waals surface area (Å²) in [6, 6.07) is 8.17. The van der Waals surface area contributed by atoms with Gasteiger partial charge in [0.15, 0.2) is 0 Å². The van der Waals surface area contributed by atoms with Gasteiger partial charge in [-0.3, -0.25) is 4.79 Å². The third-order valence-corrected chi connectivity index (χ3v) is 6.39. The van der Waals surface area contributed by atoms with Crippen LogP contribution in [0.3, 0.4) is 0 Å². The van der Waals surface area contributed by atoms with Gasteiger partial charge in [-0.15, -0.1) is 11.3 Å². The first-order valence-corrected chi connectivity index (χ1v) is 9.45. The molecule has 0 aliphatic heterocycles. The molecular weight excluding hydrogens is 314 g/mol. The van der Waals surface area contributed by atoms with E-state index in [9.17, 15) is 4.79 Å². The summed E-state index contributed by atoms with van der Waals surface area (Å²) in [7, 11) is 0. The van der Waals surface area contributed by atoms with Crippen LogP contribution in [0, 0.1) is 20.8 Å². The van der Waals surface area contributed by atoms with Crippen molar-refractivity contribution >= 4 is 22.2 Å². The number of aryl methyl sites for hydroxylation is 1. The van der Waals surface area contributed by atoms with Gasteiger partial charge < -0.3 is 5.32 Å². The van der Waals surface area contributed by atoms with E-state index in [4.69, 9.17) is 0 Å². The number of thiophene rings is 1. The van der Waals surface area contributed by atoms with Crippen molar-refractivity contribution < 1.29 is 4.79 Å². The zero-order valence-electron chi connectivity index (χ0n) is 15.9. The largest absolute Gasteiger partial charge is 0.317 e. The minimum absolute atomic E-state index is 0.0941. The van der Waals surface area contributed by atoms with Crippen LogP contribution in [0.25, 0.3) is 0 Å². The fourth-order valence-corrected chi connectivity index (χ4v) is 4.43. The van der Waals surface area contributed by atoms with Crippen molar-refractivity contribution in [2.75, 3.05) is 5.32 Å². The highest BCUT2D eigenvalue weighted by Gasteiger charge is 2.25. The molecule has 2 nitrogen and oxygen atoms in total. The molecule has 1 heterocycles. The summed E-state index contributed by atoms with van der Waals surface area (Å²) >= 11 is 1.72. The number of anilines is 1. The SMILES string of the molecule is CCC(C(=O)Nc1sc(C(C)(C)C)c(C)c1C)c1ccccc1C. The average Bonchev–Trinajstić information content (AvgIpc) is 2.78. The summed E-state index contributed by atoms with van der Waals surface area (Å²) in [6.45, 7) is 15.1. The van der Waals surface area contributed by atoms with Gasteiger partial charge >= 0.3 is 0 Å². The molecule has 0 aliphatic rings. The van der Waals surface area contributed by atoms with Gasteiger partial charge in [-0.25, -0.2) is 0 Å². The summed E-state index contributed by atoms with van der Waals surface area (Å²) in [5, 5.41) is 4.19. The minimum atomic E-state index is -0.105. The first kappa shape index (κ1) is 18.7. The monoisotopic (exact) mass is 343 g/mol. The summed E-state index contributed by atoms with van der Waals surface area (Å²) in [6.07, 6.45) is 0.798. The van der Waals surface area contributed by atoms with Crippen LogP contribution in [-0.4, -0.2) is 5.91 Å². The van der Waals surface area contributed by atoms with Crippen molar-refractivity contribution in [1.82, 2.24) is 0 Å². The van der Waals surface area contributed by atoms with Gasteiger partial charge in [0.25, 0.3) is 0 Å². The molecule has 0 saturated carbocycles. The molecule has 3 heteroatoms. The summed E-state index contributed by atoms with van der Waals surface area (Å²) in [5.41, 5.74) is 4.89. The van der Waals surface area contributed by atoms with E-state index in [1.807, 2.05) is 12.1 Å². The van der Waals surface area contributed by atoms with Gasteiger partial charge in [0.2, 0.25) is 5.91 Å². The van der Waals surface area contributed by atoms with Crippen LogP contribution in [0.2, 0.25) is 0 Å². The number of amides is 1. The fourth-order valence-electron chi connectivity index (χ4n) is 3.15. The number of hydrogen-bond acceptors (Lipinski definition) is 2. The van der Waals surface area contributed by atoms with Crippen LogP contribution < -0.4 is 5.32 Å². The molecule has 1 N–H and O–H groups in total. The van der Waals surface area contributed by atoms with Crippen molar-refractivity contribution in [1.29, 1.82) is 0 Å². The van der Waals surface area contributed by atoms with E-state index < -0.39 is 0 Å². The fraction of sp³-hybridized carbons (Fsp3) is 0.476. The van der Waals surface area contributed by atoms with Crippen LogP contribution in [-0.2, 0) is 10.2 Å². The molecule has 0 bridgehead atoms. The highest BCUT2D eigenvalue weighted by atomic mass is 32.1. The molecular formula is C21H29NOS. The molecule has 24 heavy (non-hydrogen) atoms. The lowest BCUT2D eigenvalue weighted by atomic mass is 9.91. The highest BCUT2D eigenvalue weighted by Crippen LogP contribution is 2.40. The second-order valence-electron chi connectivity index (χ2n) is 7.57. The Kier molecular flexibility index (Phi) is 5.54. The number of nitrogens with one attached hydrogen (secondary N) is 1. The summed E-state index contributed by atoms with van der Waals surface area (Å²) in [5.74, 6) is -0.0114. The molecule has 130 valence electrons. The molecule has 0 spiro atoms. The van der Waals surface area contributed by atoms with Gasteiger partial charge in [0, 0.05) is 4.88 Å². The lowest BCUT2D eigenvalue weighted by Gasteiger charge is -2.18. The average molecular weight is 344 g/mol. The van der Waals surface area contributed by atoms with Crippen LogP contribution in [0.15, 0.2) is 24.3 Å². The van der Waals surface area contributed by atoms with Gasteiger partial charge in [0.05, 0.1) is 10.9 Å². The minimum Gasteiger partial charge on any atom is -0.317 e. The molecule has 0 fully saturated rings. The molecule has 1 aromatic heterocycles. The quantitative estimate of drug-likeness (QED) is 0.713. The summed E-state index contributed by atoms with van der Waals surface area (Å²) in [4.78, 5) is 14.3. The summed E-state index contributed by atoms with van der Waals surface area (Å²) < 4.78 is 0. The molecule has 1 unspecified atom stereocenters. The predicted molar refractivity (Wildman–Crippen MR) is 105 cm³/mol. The Bertz CT molecular complexity index is 737. The molecule has 1 atom stereocenters. The Balaban J connectivity index is 2.31. The molecule has 0 radical (unpaired) electrons. The van der Waals surface area contributed by atoms with E-state index >= 15 is 0 Å². The Morgan fingerprint density at radius 3 is 2.25 bits per heavy atom.